The second-order valence-corrected chi connectivity index (χ2v) is 5.18. The van der Waals surface area contributed by atoms with Crippen LogP contribution >= 0.6 is 0 Å². The molecule has 0 aromatic carbocycles. The lowest BCUT2D eigenvalue weighted by Gasteiger charge is -2.32. The van der Waals surface area contributed by atoms with Crippen LogP contribution < -0.4 is 0 Å². The summed E-state index contributed by atoms with van der Waals surface area (Å²) >= 11 is 0. The number of hydrogen-bond acceptors (Lipinski definition) is 3. The van der Waals surface area contributed by atoms with E-state index in [1.54, 1.807) is 4.90 Å². The minimum Gasteiger partial charge on any atom is -0.480 e. The third-order valence-corrected chi connectivity index (χ3v) is 3.92. The van der Waals surface area contributed by atoms with Gasteiger partial charge in [0.25, 0.3) is 0 Å². The summed E-state index contributed by atoms with van der Waals surface area (Å²) in [6.45, 7) is 1.07. The number of carboxylic acid groups (broad SMARTS) is 1. The highest BCUT2D eigenvalue weighted by Gasteiger charge is 2.33. The molecule has 18 heavy (non-hydrogen) atoms. The molecule has 0 aromatic rings. The first kappa shape index (κ1) is 13.3. The normalized spacial score (nSPS) is 22.0. The Kier molecular flexibility index (Phi) is 4.58. The molecule has 1 aliphatic carbocycles. The second-order valence-electron chi connectivity index (χ2n) is 5.18. The van der Waals surface area contributed by atoms with Crippen molar-refractivity contribution >= 4 is 11.9 Å². The predicted molar refractivity (Wildman–Crippen MR) is 65.1 cm³/mol. The standard InChI is InChI=1S/C13H21NO4/c15-12(16)9-14(11-3-1-2-4-11)13(17)10-5-7-18-8-6-10/h10-11H,1-9H2,(H,15,16). The van der Waals surface area contributed by atoms with Crippen molar-refractivity contribution in [2.75, 3.05) is 19.8 Å². The van der Waals surface area contributed by atoms with E-state index in [1.165, 1.54) is 0 Å². The number of carbonyl (C=O) groups excluding carboxylic acids is 1. The summed E-state index contributed by atoms with van der Waals surface area (Å²) in [6, 6.07) is 0.136. The molecule has 0 aromatic heterocycles. The van der Waals surface area contributed by atoms with E-state index in [4.69, 9.17) is 9.84 Å². The Bertz CT molecular complexity index is 306. The number of rotatable bonds is 4. The average molecular weight is 255 g/mol. The fraction of sp³-hybridized carbons (Fsp3) is 0.846. The molecule has 1 heterocycles. The van der Waals surface area contributed by atoms with Gasteiger partial charge >= 0.3 is 5.97 Å². The van der Waals surface area contributed by atoms with Crippen molar-refractivity contribution in [2.24, 2.45) is 5.92 Å². The first-order chi connectivity index (χ1) is 8.68. The van der Waals surface area contributed by atoms with Crippen LogP contribution in [0, 0.1) is 5.92 Å². The van der Waals surface area contributed by atoms with E-state index in [2.05, 4.69) is 0 Å². The Morgan fingerprint density at radius 1 is 1.11 bits per heavy atom. The average Bonchev–Trinajstić information content (AvgIpc) is 2.89. The van der Waals surface area contributed by atoms with Gasteiger partial charge < -0.3 is 14.7 Å². The zero-order valence-corrected chi connectivity index (χ0v) is 10.6. The topological polar surface area (TPSA) is 66.8 Å². The lowest BCUT2D eigenvalue weighted by Crippen LogP contribution is -2.46. The predicted octanol–water partition coefficient (Wildman–Crippen LogP) is 1.27. The molecule has 2 fully saturated rings. The third-order valence-electron chi connectivity index (χ3n) is 3.92. The Morgan fingerprint density at radius 3 is 2.28 bits per heavy atom. The number of ether oxygens (including phenoxy) is 1. The highest BCUT2D eigenvalue weighted by atomic mass is 16.5. The number of nitrogens with zero attached hydrogens (tertiary/aromatic N) is 1. The van der Waals surface area contributed by atoms with E-state index in [0.717, 1.165) is 38.5 Å². The lowest BCUT2D eigenvalue weighted by atomic mass is 9.97. The summed E-state index contributed by atoms with van der Waals surface area (Å²) in [5.74, 6) is -0.936. The molecule has 0 spiro atoms. The van der Waals surface area contributed by atoms with Gasteiger partial charge in [0.05, 0.1) is 0 Å². The van der Waals surface area contributed by atoms with Crippen molar-refractivity contribution in [1.29, 1.82) is 0 Å². The Hall–Kier alpha value is -1.10. The number of hydrogen-bond donors (Lipinski definition) is 1. The molecule has 0 unspecified atom stereocenters. The van der Waals surface area contributed by atoms with Crippen molar-refractivity contribution in [3.63, 3.8) is 0 Å². The first-order valence-corrected chi connectivity index (χ1v) is 6.78. The molecular formula is C13H21NO4. The molecule has 5 nitrogen and oxygen atoms in total. The van der Waals surface area contributed by atoms with Gasteiger partial charge in [0.2, 0.25) is 5.91 Å². The smallest absolute Gasteiger partial charge is 0.323 e. The van der Waals surface area contributed by atoms with Crippen molar-refractivity contribution in [1.82, 2.24) is 4.90 Å². The van der Waals surface area contributed by atoms with Crippen LogP contribution in [0.15, 0.2) is 0 Å². The Balaban J connectivity index is 2.01. The van der Waals surface area contributed by atoms with Crippen LogP contribution in [0.3, 0.4) is 0 Å². The van der Waals surface area contributed by atoms with E-state index in [0.29, 0.717) is 13.2 Å². The van der Waals surface area contributed by atoms with Gasteiger partial charge in [0.15, 0.2) is 0 Å². The fourth-order valence-corrected chi connectivity index (χ4v) is 2.93. The monoisotopic (exact) mass is 255 g/mol. The van der Waals surface area contributed by atoms with Gasteiger partial charge in [-0.25, -0.2) is 0 Å². The Labute approximate surface area is 107 Å². The van der Waals surface area contributed by atoms with E-state index in [1.807, 2.05) is 0 Å². The number of aliphatic carboxylic acids is 1. The molecule has 5 heteroatoms. The minimum atomic E-state index is -0.915. The summed E-state index contributed by atoms with van der Waals surface area (Å²) in [5.41, 5.74) is 0. The summed E-state index contributed by atoms with van der Waals surface area (Å²) < 4.78 is 5.25. The van der Waals surface area contributed by atoms with Gasteiger partial charge in [-0.15, -0.1) is 0 Å². The van der Waals surface area contributed by atoms with E-state index >= 15 is 0 Å². The van der Waals surface area contributed by atoms with Crippen LogP contribution in [0.4, 0.5) is 0 Å². The number of carbonyl (C=O) groups is 2. The SMILES string of the molecule is O=C(O)CN(C(=O)C1CCOCC1)C1CCCC1. The van der Waals surface area contributed by atoms with Crippen molar-refractivity contribution in [2.45, 2.75) is 44.6 Å². The second kappa shape index (κ2) is 6.18. The van der Waals surface area contributed by atoms with Gasteiger partial charge in [-0.1, -0.05) is 12.8 Å². The van der Waals surface area contributed by atoms with Crippen molar-refractivity contribution in [3.8, 4) is 0 Å². The summed E-state index contributed by atoms with van der Waals surface area (Å²) in [6.07, 6.45) is 5.54. The maximum atomic E-state index is 12.4. The summed E-state index contributed by atoms with van der Waals surface area (Å²) in [7, 11) is 0. The first-order valence-electron chi connectivity index (χ1n) is 6.78. The molecule has 0 bridgehead atoms. The molecule has 1 aliphatic heterocycles. The van der Waals surface area contributed by atoms with Gasteiger partial charge in [-0.3, -0.25) is 9.59 Å². The quantitative estimate of drug-likeness (QED) is 0.821. The van der Waals surface area contributed by atoms with Crippen molar-refractivity contribution < 1.29 is 19.4 Å². The van der Waals surface area contributed by atoms with Crippen LogP contribution in [0.1, 0.15) is 38.5 Å². The van der Waals surface area contributed by atoms with Crippen LogP contribution in [0.5, 0.6) is 0 Å². The number of amides is 1. The molecule has 1 amide bonds. The summed E-state index contributed by atoms with van der Waals surface area (Å²) in [4.78, 5) is 25.0. The van der Waals surface area contributed by atoms with Gasteiger partial charge in [0.1, 0.15) is 6.54 Å². The number of carboxylic acids is 1. The van der Waals surface area contributed by atoms with Crippen LogP contribution in [0.2, 0.25) is 0 Å². The van der Waals surface area contributed by atoms with E-state index in [9.17, 15) is 9.59 Å². The molecule has 0 atom stereocenters. The zero-order valence-electron chi connectivity index (χ0n) is 10.6. The molecule has 1 saturated carbocycles. The Morgan fingerprint density at radius 2 is 1.72 bits per heavy atom. The van der Waals surface area contributed by atoms with Gasteiger partial charge in [-0.05, 0) is 25.7 Å². The highest BCUT2D eigenvalue weighted by Crippen LogP contribution is 2.27. The fourth-order valence-electron chi connectivity index (χ4n) is 2.93. The van der Waals surface area contributed by atoms with E-state index in [-0.39, 0.29) is 24.4 Å². The molecule has 102 valence electrons. The maximum Gasteiger partial charge on any atom is 0.323 e. The molecule has 1 saturated heterocycles. The van der Waals surface area contributed by atoms with E-state index < -0.39 is 5.97 Å². The van der Waals surface area contributed by atoms with Gasteiger partial charge in [0, 0.05) is 25.2 Å². The third kappa shape index (κ3) is 3.22. The van der Waals surface area contributed by atoms with Crippen LogP contribution in [0.25, 0.3) is 0 Å². The van der Waals surface area contributed by atoms with Crippen LogP contribution in [-0.2, 0) is 14.3 Å². The molecule has 0 radical (unpaired) electrons. The van der Waals surface area contributed by atoms with Crippen LogP contribution in [-0.4, -0.2) is 47.7 Å². The molecule has 2 aliphatic rings. The van der Waals surface area contributed by atoms with Gasteiger partial charge in [-0.2, -0.15) is 0 Å². The molecular weight excluding hydrogens is 234 g/mol. The largest absolute Gasteiger partial charge is 0.480 e. The van der Waals surface area contributed by atoms with Crippen molar-refractivity contribution in [3.05, 3.63) is 0 Å². The summed E-state index contributed by atoms with van der Waals surface area (Å²) in [5, 5.41) is 8.97. The zero-order chi connectivity index (χ0) is 13.0. The molecule has 2 rings (SSSR count). The highest BCUT2D eigenvalue weighted by molar-refractivity contribution is 5.83. The minimum absolute atomic E-state index is 0.0209. The molecule has 1 N–H and O–H groups in total. The lowest BCUT2D eigenvalue weighted by molar-refractivity contribution is -0.149. The maximum absolute atomic E-state index is 12.4.